The summed E-state index contributed by atoms with van der Waals surface area (Å²) in [6, 6.07) is 11.2. The number of benzene rings is 2. The van der Waals surface area contributed by atoms with E-state index in [4.69, 9.17) is 5.26 Å². The number of nitrogens with zero attached hydrogens (tertiary/aromatic N) is 1. The van der Waals surface area contributed by atoms with Crippen LogP contribution in [-0.4, -0.2) is 5.78 Å². The highest BCUT2D eigenvalue weighted by Gasteiger charge is 2.23. The Balaban J connectivity index is 2.42. The van der Waals surface area contributed by atoms with E-state index in [1.807, 2.05) is 22.6 Å². The summed E-state index contributed by atoms with van der Waals surface area (Å²) in [4.78, 5) is 12.3. The molecule has 0 bridgehead atoms. The number of carbonyl (C=O) groups excluding carboxylic acids is 1. The Morgan fingerprint density at radius 3 is 2.35 bits per heavy atom. The van der Waals surface area contributed by atoms with E-state index in [-0.39, 0.29) is 5.56 Å². The molecule has 0 aliphatic carbocycles. The minimum atomic E-state index is -1.22. The van der Waals surface area contributed by atoms with Crippen molar-refractivity contribution in [2.75, 3.05) is 0 Å². The number of carbonyl (C=O) groups is 1. The molecule has 0 aliphatic heterocycles. The number of Topliss-reactive ketones (excluding diaryl/α,β-unsaturated/α-hetero) is 1. The second-order valence-corrected chi connectivity index (χ2v) is 5.39. The van der Waals surface area contributed by atoms with Crippen LogP contribution in [0, 0.1) is 26.5 Å². The summed E-state index contributed by atoms with van der Waals surface area (Å²) >= 11 is 2.04. The molecule has 2 rings (SSSR count). The maximum atomic E-state index is 13.2. The number of hydrogen-bond acceptors (Lipinski definition) is 2. The van der Waals surface area contributed by atoms with Gasteiger partial charge in [-0.05, 0) is 52.4 Å². The predicted molar refractivity (Wildman–Crippen MR) is 78.2 cm³/mol. The molecule has 0 radical (unpaired) electrons. The lowest BCUT2D eigenvalue weighted by Crippen LogP contribution is -2.12. The maximum Gasteiger partial charge on any atom is 0.184 e. The number of halogens is 3. The second kappa shape index (κ2) is 6.09. The van der Waals surface area contributed by atoms with Crippen molar-refractivity contribution in [3.63, 3.8) is 0 Å². The van der Waals surface area contributed by atoms with Crippen LogP contribution in [0.4, 0.5) is 8.78 Å². The maximum absolute atomic E-state index is 13.2. The SMILES string of the molecule is N#CC(C(=O)c1cccc(I)c1)c1cc(F)cc(F)c1. The molecule has 1 unspecified atom stereocenters. The first-order valence-electron chi connectivity index (χ1n) is 5.66. The first-order chi connectivity index (χ1) is 9.51. The topological polar surface area (TPSA) is 40.9 Å². The Labute approximate surface area is 128 Å². The van der Waals surface area contributed by atoms with E-state index in [0.29, 0.717) is 11.6 Å². The van der Waals surface area contributed by atoms with Crippen molar-refractivity contribution in [1.29, 1.82) is 5.26 Å². The van der Waals surface area contributed by atoms with E-state index >= 15 is 0 Å². The highest BCUT2D eigenvalue weighted by Crippen LogP contribution is 2.23. The van der Waals surface area contributed by atoms with Crippen molar-refractivity contribution in [2.24, 2.45) is 0 Å². The smallest absolute Gasteiger partial charge is 0.184 e. The Morgan fingerprint density at radius 2 is 1.80 bits per heavy atom. The number of nitriles is 1. The van der Waals surface area contributed by atoms with E-state index in [9.17, 15) is 13.6 Å². The van der Waals surface area contributed by atoms with E-state index in [1.165, 1.54) is 0 Å². The van der Waals surface area contributed by atoms with Gasteiger partial charge < -0.3 is 0 Å². The van der Waals surface area contributed by atoms with Crippen LogP contribution in [0.15, 0.2) is 42.5 Å². The van der Waals surface area contributed by atoms with Crippen molar-refractivity contribution in [3.8, 4) is 6.07 Å². The van der Waals surface area contributed by atoms with Crippen molar-refractivity contribution in [2.45, 2.75) is 5.92 Å². The molecular formula is C15H8F2INO. The third-order valence-corrected chi connectivity index (χ3v) is 3.39. The van der Waals surface area contributed by atoms with E-state index in [2.05, 4.69) is 0 Å². The Bertz CT molecular complexity index is 689. The van der Waals surface area contributed by atoms with Crippen LogP contribution < -0.4 is 0 Å². The lowest BCUT2D eigenvalue weighted by Gasteiger charge is -2.09. The summed E-state index contributed by atoms with van der Waals surface area (Å²) in [7, 11) is 0. The van der Waals surface area contributed by atoms with Crippen LogP contribution in [0.3, 0.4) is 0 Å². The van der Waals surface area contributed by atoms with Crippen LogP contribution in [0.25, 0.3) is 0 Å². The molecule has 100 valence electrons. The van der Waals surface area contributed by atoms with Crippen molar-refractivity contribution >= 4 is 28.4 Å². The lowest BCUT2D eigenvalue weighted by atomic mass is 9.92. The van der Waals surface area contributed by atoms with Gasteiger partial charge in [-0.15, -0.1) is 0 Å². The van der Waals surface area contributed by atoms with Gasteiger partial charge in [0.15, 0.2) is 5.78 Å². The molecular weight excluding hydrogens is 375 g/mol. The Kier molecular flexibility index (Phi) is 4.45. The summed E-state index contributed by atoms with van der Waals surface area (Å²) in [6.07, 6.45) is 0. The lowest BCUT2D eigenvalue weighted by molar-refractivity contribution is 0.0978. The molecule has 2 nitrogen and oxygen atoms in total. The van der Waals surface area contributed by atoms with Crippen molar-refractivity contribution in [1.82, 2.24) is 0 Å². The molecule has 0 amide bonds. The van der Waals surface area contributed by atoms with Gasteiger partial charge in [0.05, 0.1) is 6.07 Å². The third kappa shape index (κ3) is 3.20. The van der Waals surface area contributed by atoms with E-state index in [1.54, 1.807) is 30.3 Å². The molecule has 0 aromatic heterocycles. The number of hydrogen-bond donors (Lipinski definition) is 0. The molecule has 5 heteroatoms. The van der Waals surface area contributed by atoms with Gasteiger partial charge in [0.1, 0.15) is 17.6 Å². The number of ketones is 1. The fourth-order valence-electron chi connectivity index (χ4n) is 1.83. The molecule has 2 aromatic carbocycles. The van der Waals surface area contributed by atoms with Crippen LogP contribution in [-0.2, 0) is 0 Å². The van der Waals surface area contributed by atoms with Crippen molar-refractivity contribution < 1.29 is 13.6 Å². The van der Waals surface area contributed by atoms with Gasteiger partial charge in [-0.25, -0.2) is 8.78 Å². The normalized spacial score (nSPS) is 11.7. The van der Waals surface area contributed by atoms with Crippen molar-refractivity contribution in [3.05, 3.63) is 68.8 Å². The molecule has 0 aliphatic rings. The van der Waals surface area contributed by atoms with Gasteiger partial charge in [-0.1, -0.05) is 12.1 Å². The number of rotatable bonds is 3. The Morgan fingerprint density at radius 1 is 1.15 bits per heavy atom. The van der Waals surface area contributed by atoms with Gasteiger partial charge >= 0.3 is 0 Å². The van der Waals surface area contributed by atoms with Gasteiger partial charge in [-0.3, -0.25) is 4.79 Å². The van der Waals surface area contributed by atoms with E-state index < -0.39 is 23.3 Å². The van der Waals surface area contributed by atoms with Crippen LogP contribution in [0.5, 0.6) is 0 Å². The molecule has 0 N–H and O–H groups in total. The Hall–Kier alpha value is -1.81. The fraction of sp³-hybridized carbons (Fsp3) is 0.0667. The monoisotopic (exact) mass is 383 g/mol. The van der Waals surface area contributed by atoms with E-state index in [0.717, 1.165) is 15.7 Å². The molecule has 0 spiro atoms. The summed E-state index contributed by atoms with van der Waals surface area (Å²) in [5, 5.41) is 9.14. The second-order valence-electron chi connectivity index (χ2n) is 4.14. The standard InChI is InChI=1S/C15H8F2INO/c16-11-4-10(5-12(17)7-11)14(8-19)15(20)9-2-1-3-13(18)6-9/h1-7,14H. The minimum Gasteiger partial charge on any atom is -0.292 e. The average molecular weight is 383 g/mol. The largest absolute Gasteiger partial charge is 0.292 e. The minimum absolute atomic E-state index is 0.0221. The van der Waals surface area contributed by atoms with Crippen LogP contribution in [0.1, 0.15) is 21.8 Å². The summed E-state index contributed by atoms with van der Waals surface area (Å²) in [5.41, 5.74) is 0.363. The fourth-order valence-corrected chi connectivity index (χ4v) is 2.38. The molecule has 2 aromatic rings. The quantitative estimate of drug-likeness (QED) is 0.593. The first kappa shape index (κ1) is 14.6. The van der Waals surface area contributed by atoms with Crippen LogP contribution >= 0.6 is 22.6 Å². The summed E-state index contributed by atoms with van der Waals surface area (Å²) < 4.78 is 27.2. The molecule has 0 heterocycles. The zero-order valence-electron chi connectivity index (χ0n) is 10.1. The first-order valence-corrected chi connectivity index (χ1v) is 6.74. The average Bonchev–Trinajstić information content (AvgIpc) is 2.38. The van der Waals surface area contributed by atoms with Gasteiger partial charge in [0.2, 0.25) is 0 Å². The molecule has 1 atom stereocenters. The molecule has 0 saturated carbocycles. The zero-order chi connectivity index (χ0) is 14.7. The molecule has 0 saturated heterocycles. The molecule has 20 heavy (non-hydrogen) atoms. The highest BCUT2D eigenvalue weighted by atomic mass is 127. The summed E-state index contributed by atoms with van der Waals surface area (Å²) in [5.74, 6) is -3.32. The van der Waals surface area contributed by atoms with Crippen LogP contribution in [0.2, 0.25) is 0 Å². The van der Waals surface area contributed by atoms with Gasteiger partial charge in [-0.2, -0.15) is 5.26 Å². The summed E-state index contributed by atoms with van der Waals surface area (Å²) in [6.45, 7) is 0. The zero-order valence-corrected chi connectivity index (χ0v) is 12.3. The third-order valence-electron chi connectivity index (χ3n) is 2.72. The highest BCUT2D eigenvalue weighted by molar-refractivity contribution is 14.1. The molecule has 0 fully saturated rings. The van der Waals surface area contributed by atoms with Gasteiger partial charge in [0, 0.05) is 15.2 Å². The predicted octanol–water partition coefficient (Wildman–Crippen LogP) is 4.06. The van der Waals surface area contributed by atoms with Gasteiger partial charge in [0.25, 0.3) is 0 Å².